The fraction of sp³-hybridized carbons (Fsp3) is 0.500. The molecule has 178 valence electrons. The fourth-order valence-corrected chi connectivity index (χ4v) is 5.66. The first-order valence-corrected chi connectivity index (χ1v) is 13.4. The van der Waals surface area contributed by atoms with Crippen molar-refractivity contribution in [2.24, 2.45) is 11.1 Å². The predicted octanol–water partition coefficient (Wildman–Crippen LogP) is 2.58. The van der Waals surface area contributed by atoms with Gasteiger partial charge >= 0.3 is 10.3 Å². The number of aliphatic hydroxyl groups excluding tert-OH is 1. The SMILES string of the molecule is NS(=O)(=O)OC[C@H]1C[C@@H](Nc2ncncc2C(=O)c2cc(CC3=CCCCC3)cs2)C[C@@H]1O. The number of allylic oxidation sites excluding steroid dienone is 2. The molecule has 0 amide bonds. The van der Waals surface area contributed by atoms with Gasteiger partial charge < -0.3 is 10.4 Å². The number of nitrogens with zero attached hydrogens (tertiary/aromatic N) is 2. The summed E-state index contributed by atoms with van der Waals surface area (Å²) >= 11 is 1.42. The number of aliphatic hydroxyl groups is 1. The smallest absolute Gasteiger partial charge is 0.333 e. The van der Waals surface area contributed by atoms with E-state index in [9.17, 15) is 18.3 Å². The van der Waals surface area contributed by atoms with Crippen LogP contribution in [0, 0.1) is 5.92 Å². The van der Waals surface area contributed by atoms with E-state index in [4.69, 9.17) is 5.14 Å². The van der Waals surface area contributed by atoms with Gasteiger partial charge in [-0.05, 0) is 62.0 Å². The minimum Gasteiger partial charge on any atom is -0.393 e. The molecule has 0 spiro atoms. The van der Waals surface area contributed by atoms with Crippen molar-refractivity contribution in [3.05, 3.63) is 51.6 Å². The van der Waals surface area contributed by atoms with E-state index in [1.165, 1.54) is 42.3 Å². The monoisotopic (exact) mass is 492 g/mol. The Bertz CT molecular complexity index is 1130. The van der Waals surface area contributed by atoms with E-state index in [1.807, 2.05) is 11.4 Å². The maximum absolute atomic E-state index is 13.2. The zero-order valence-electron chi connectivity index (χ0n) is 18.1. The number of hydrogen-bond donors (Lipinski definition) is 3. The van der Waals surface area contributed by atoms with Crippen LogP contribution < -0.4 is 10.5 Å². The van der Waals surface area contributed by atoms with Crippen LogP contribution in [0.5, 0.6) is 0 Å². The molecule has 2 heterocycles. The molecule has 11 heteroatoms. The maximum Gasteiger partial charge on any atom is 0.333 e. The van der Waals surface area contributed by atoms with Gasteiger partial charge in [0.25, 0.3) is 0 Å². The predicted molar refractivity (Wildman–Crippen MR) is 125 cm³/mol. The van der Waals surface area contributed by atoms with Gasteiger partial charge in [0.1, 0.15) is 12.1 Å². The molecule has 0 radical (unpaired) electrons. The van der Waals surface area contributed by atoms with Crippen molar-refractivity contribution < 1.29 is 22.5 Å². The molecule has 0 aliphatic heterocycles. The van der Waals surface area contributed by atoms with Crippen LogP contribution in [0.4, 0.5) is 5.82 Å². The van der Waals surface area contributed by atoms with Gasteiger partial charge in [-0.15, -0.1) is 11.3 Å². The number of nitrogens with one attached hydrogen (secondary N) is 1. The van der Waals surface area contributed by atoms with Gasteiger partial charge in [0.05, 0.1) is 23.2 Å². The second-order valence-corrected chi connectivity index (χ2v) is 10.8. The number of carbonyl (C=O) groups is 1. The minimum atomic E-state index is -4.07. The Balaban J connectivity index is 1.42. The molecule has 0 aromatic carbocycles. The zero-order valence-corrected chi connectivity index (χ0v) is 19.8. The first-order chi connectivity index (χ1) is 15.8. The van der Waals surface area contributed by atoms with Crippen LogP contribution in [0.15, 0.2) is 35.6 Å². The molecule has 0 unspecified atom stereocenters. The van der Waals surface area contributed by atoms with E-state index in [2.05, 4.69) is 25.5 Å². The molecule has 2 aliphatic rings. The molecule has 4 rings (SSSR count). The average molecular weight is 493 g/mol. The number of aromatic nitrogens is 2. The molecule has 2 aromatic rings. The third kappa shape index (κ3) is 6.45. The lowest BCUT2D eigenvalue weighted by Gasteiger charge is -2.15. The van der Waals surface area contributed by atoms with Gasteiger partial charge in [-0.2, -0.15) is 8.42 Å². The lowest BCUT2D eigenvalue weighted by Crippen LogP contribution is -2.24. The summed E-state index contributed by atoms with van der Waals surface area (Å²) in [6, 6.07) is 1.74. The first kappa shape index (κ1) is 24.0. The van der Waals surface area contributed by atoms with Gasteiger partial charge in [-0.25, -0.2) is 15.1 Å². The van der Waals surface area contributed by atoms with E-state index in [1.54, 1.807) is 0 Å². The van der Waals surface area contributed by atoms with Crippen LogP contribution in [0.25, 0.3) is 0 Å². The summed E-state index contributed by atoms with van der Waals surface area (Å²) in [5.41, 5.74) is 2.94. The van der Waals surface area contributed by atoms with Crippen molar-refractivity contribution in [1.82, 2.24) is 9.97 Å². The highest BCUT2D eigenvalue weighted by Crippen LogP contribution is 2.31. The van der Waals surface area contributed by atoms with Crippen molar-refractivity contribution in [2.45, 2.75) is 57.1 Å². The summed E-state index contributed by atoms with van der Waals surface area (Å²) in [4.78, 5) is 22.1. The quantitative estimate of drug-likeness (QED) is 0.358. The molecule has 3 atom stereocenters. The number of hydrogen-bond acceptors (Lipinski definition) is 9. The minimum absolute atomic E-state index is 0.153. The first-order valence-electron chi connectivity index (χ1n) is 11.0. The third-order valence-corrected chi connectivity index (χ3v) is 7.54. The van der Waals surface area contributed by atoms with Crippen molar-refractivity contribution in [3.8, 4) is 0 Å². The Hall–Kier alpha value is -2.18. The van der Waals surface area contributed by atoms with E-state index in [0.29, 0.717) is 29.1 Å². The normalized spacial score (nSPS) is 23.3. The Kier molecular flexibility index (Phi) is 7.55. The Labute approximate surface area is 197 Å². The molecular weight excluding hydrogens is 464 g/mol. The number of rotatable bonds is 9. The number of thiophene rings is 1. The van der Waals surface area contributed by atoms with Gasteiger partial charge in [-0.3, -0.25) is 8.98 Å². The van der Waals surface area contributed by atoms with Crippen molar-refractivity contribution in [2.75, 3.05) is 11.9 Å². The number of carbonyl (C=O) groups excluding carboxylic acids is 1. The van der Waals surface area contributed by atoms with Crippen molar-refractivity contribution in [1.29, 1.82) is 0 Å². The molecule has 2 aromatic heterocycles. The molecule has 1 saturated carbocycles. The Morgan fingerprint density at radius 2 is 2.18 bits per heavy atom. The second kappa shape index (κ2) is 10.4. The maximum atomic E-state index is 13.2. The highest BCUT2D eigenvalue weighted by molar-refractivity contribution is 7.84. The molecule has 33 heavy (non-hydrogen) atoms. The Morgan fingerprint density at radius 1 is 1.33 bits per heavy atom. The van der Waals surface area contributed by atoms with E-state index in [-0.39, 0.29) is 18.4 Å². The average Bonchev–Trinajstić information content (AvgIpc) is 3.38. The van der Waals surface area contributed by atoms with Gasteiger partial charge in [0.15, 0.2) is 0 Å². The highest BCUT2D eigenvalue weighted by atomic mass is 32.2. The Morgan fingerprint density at radius 3 is 2.94 bits per heavy atom. The molecule has 2 aliphatic carbocycles. The highest BCUT2D eigenvalue weighted by Gasteiger charge is 2.34. The molecule has 9 nitrogen and oxygen atoms in total. The summed E-state index contributed by atoms with van der Waals surface area (Å²) in [5, 5.41) is 20.4. The third-order valence-electron chi connectivity index (χ3n) is 6.10. The fourth-order valence-electron chi connectivity index (χ4n) is 4.43. The van der Waals surface area contributed by atoms with Crippen LogP contribution in [0.2, 0.25) is 0 Å². The number of ketones is 1. The van der Waals surface area contributed by atoms with Crippen LogP contribution in [-0.2, 0) is 20.9 Å². The van der Waals surface area contributed by atoms with Crippen LogP contribution in [-0.4, -0.2) is 48.0 Å². The van der Waals surface area contributed by atoms with Crippen LogP contribution >= 0.6 is 11.3 Å². The molecule has 0 saturated heterocycles. The van der Waals surface area contributed by atoms with Gasteiger partial charge in [0, 0.05) is 18.2 Å². The molecular formula is C22H28N4O5S2. The second-order valence-electron chi connectivity index (χ2n) is 8.64. The van der Waals surface area contributed by atoms with Crippen molar-refractivity contribution in [3.63, 3.8) is 0 Å². The van der Waals surface area contributed by atoms with E-state index >= 15 is 0 Å². The summed E-state index contributed by atoms with van der Waals surface area (Å²) < 4.78 is 26.7. The molecule has 1 fully saturated rings. The van der Waals surface area contributed by atoms with E-state index in [0.717, 1.165) is 24.8 Å². The lowest BCUT2D eigenvalue weighted by atomic mass is 9.95. The summed E-state index contributed by atoms with van der Waals surface area (Å²) in [5.74, 6) is -0.152. The largest absolute Gasteiger partial charge is 0.393 e. The molecule has 4 N–H and O–H groups in total. The summed E-state index contributed by atoms with van der Waals surface area (Å²) in [6.07, 6.45) is 10.8. The number of anilines is 1. The summed E-state index contributed by atoms with van der Waals surface area (Å²) in [6.45, 7) is -0.192. The van der Waals surface area contributed by atoms with Crippen molar-refractivity contribution >= 4 is 33.2 Å². The van der Waals surface area contributed by atoms with Crippen LogP contribution in [0.1, 0.15) is 59.3 Å². The summed E-state index contributed by atoms with van der Waals surface area (Å²) in [7, 11) is -4.07. The lowest BCUT2D eigenvalue weighted by molar-refractivity contribution is 0.101. The molecule has 0 bridgehead atoms. The standard InChI is InChI=1S/C22H28N4O5S2/c23-33(29,30)31-11-16-8-17(9-19(16)27)26-22-18(10-24-13-25-22)21(28)20-7-15(12-32-20)6-14-4-2-1-3-5-14/h4,7,10,12-13,16-17,19,27H,1-3,5-6,8-9,11H2,(H2,23,29,30)(H,24,25,26)/t16-,17-,19+/m1/s1. The van der Waals surface area contributed by atoms with E-state index < -0.39 is 22.3 Å². The van der Waals surface area contributed by atoms with Gasteiger partial charge in [-0.1, -0.05) is 11.6 Å². The number of nitrogens with two attached hydrogens (primary N) is 1. The van der Waals surface area contributed by atoms with Gasteiger partial charge in [0.2, 0.25) is 5.78 Å². The zero-order chi connectivity index (χ0) is 23.4. The van der Waals surface area contributed by atoms with Crippen LogP contribution in [0.3, 0.4) is 0 Å². The topological polar surface area (TPSA) is 144 Å².